The van der Waals surface area contributed by atoms with E-state index in [9.17, 15) is 5.11 Å². The van der Waals surface area contributed by atoms with Gasteiger partial charge in [-0.2, -0.15) is 0 Å². The van der Waals surface area contributed by atoms with E-state index in [4.69, 9.17) is 0 Å². The molecule has 0 spiro atoms. The molecule has 1 saturated heterocycles. The summed E-state index contributed by atoms with van der Waals surface area (Å²) in [5.41, 5.74) is 0.691. The molecule has 1 aromatic rings. The minimum absolute atomic E-state index is 0.503. The second kappa shape index (κ2) is 7.04. The van der Waals surface area contributed by atoms with Gasteiger partial charge in [0.15, 0.2) is 5.16 Å². The predicted molar refractivity (Wildman–Crippen MR) is 72.7 cm³/mol. The molecule has 3 N–H and O–H groups in total. The number of nitrogens with one attached hydrogen (secondary N) is 2. The Bertz CT molecular complexity index is 371. The standard InChI is InChI=1S/C12H20N4OS/c1-18-12-14-7-4-10(16-12)11(17)8-15-9-2-5-13-6-3-9/h4,7,9,11,13,15,17H,2-3,5-6,8H2,1H3. The lowest BCUT2D eigenvalue weighted by molar-refractivity contribution is 0.161. The van der Waals surface area contributed by atoms with E-state index in [1.807, 2.05) is 6.26 Å². The van der Waals surface area contributed by atoms with Crippen molar-refractivity contribution in [2.75, 3.05) is 25.9 Å². The molecule has 0 bridgehead atoms. The largest absolute Gasteiger partial charge is 0.385 e. The first-order valence-corrected chi connectivity index (χ1v) is 7.51. The molecule has 5 nitrogen and oxygen atoms in total. The van der Waals surface area contributed by atoms with Crippen molar-refractivity contribution in [1.29, 1.82) is 0 Å². The number of nitrogens with zero attached hydrogens (tertiary/aromatic N) is 2. The summed E-state index contributed by atoms with van der Waals surface area (Å²) in [6, 6.07) is 2.27. The molecule has 0 aromatic carbocycles. The van der Waals surface area contributed by atoms with Crippen molar-refractivity contribution in [3.63, 3.8) is 0 Å². The highest BCUT2D eigenvalue weighted by Crippen LogP contribution is 2.14. The average Bonchev–Trinajstić information content (AvgIpc) is 2.46. The molecule has 2 rings (SSSR count). The van der Waals surface area contributed by atoms with Gasteiger partial charge in [-0.05, 0) is 38.3 Å². The van der Waals surface area contributed by atoms with Crippen LogP contribution in [0.3, 0.4) is 0 Å². The van der Waals surface area contributed by atoms with Crippen LogP contribution in [0.25, 0.3) is 0 Å². The number of aliphatic hydroxyl groups excluding tert-OH is 1. The molecule has 0 saturated carbocycles. The zero-order chi connectivity index (χ0) is 12.8. The van der Waals surface area contributed by atoms with E-state index in [0.29, 0.717) is 23.4 Å². The van der Waals surface area contributed by atoms with Gasteiger partial charge >= 0.3 is 0 Å². The normalized spacial score (nSPS) is 18.8. The molecular formula is C12H20N4OS. The summed E-state index contributed by atoms with van der Waals surface area (Å²) in [5, 5.41) is 17.5. The first-order chi connectivity index (χ1) is 8.79. The van der Waals surface area contributed by atoms with E-state index in [0.717, 1.165) is 25.9 Å². The molecule has 1 unspecified atom stereocenters. The fourth-order valence-electron chi connectivity index (χ4n) is 2.05. The summed E-state index contributed by atoms with van der Waals surface area (Å²) in [6.45, 7) is 2.66. The molecule has 100 valence electrons. The van der Waals surface area contributed by atoms with E-state index < -0.39 is 6.10 Å². The van der Waals surface area contributed by atoms with Crippen LogP contribution in [0.15, 0.2) is 17.4 Å². The van der Waals surface area contributed by atoms with Crippen molar-refractivity contribution in [3.8, 4) is 0 Å². The molecule has 18 heavy (non-hydrogen) atoms. The van der Waals surface area contributed by atoms with Crippen molar-refractivity contribution in [2.24, 2.45) is 0 Å². The Morgan fingerprint density at radius 3 is 3.06 bits per heavy atom. The molecule has 0 aliphatic carbocycles. The topological polar surface area (TPSA) is 70.1 Å². The third kappa shape index (κ3) is 3.91. The Kier molecular flexibility index (Phi) is 5.37. The lowest BCUT2D eigenvalue weighted by Gasteiger charge is -2.24. The van der Waals surface area contributed by atoms with Crippen LogP contribution in [0, 0.1) is 0 Å². The Morgan fingerprint density at radius 1 is 1.56 bits per heavy atom. The lowest BCUT2D eigenvalue weighted by atomic mass is 10.1. The van der Waals surface area contributed by atoms with Crippen LogP contribution in [0.2, 0.25) is 0 Å². The molecule has 1 fully saturated rings. The van der Waals surface area contributed by atoms with Gasteiger partial charge in [0.25, 0.3) is 0 Å². The number of hydrogen-bond acceptors (Lipinski definition) is 6. The number of aromatic nitrogens is 2. The van der Waals surface area contributed by atoms with Gasteiger partial charge in [-0.15, -0.1) is 0 Å². The van der Waals surface area contributed by atoms with Gasteiger partial charge in [-0.3, -0.25) is 0 Å². The molecule has 1 aliphatic heterocycles. The molecular weight excluding hydrogens is 248 g/mol. The quantitative estimate of drug-likeness (QED) is 0.536. The Balaban J connectivity index is 1.84. The Morgan fingerprint density at radius 2 is 2.33 bits per heavy atom. The van der Waals surface area contributed by atoms with Crippen LogP contribution in [0.1, 0.15) is 24.6 Å². The van der Waals surface area contributed by atoms with Crippen LogP contribution < -0.4 is 10.6 Å². The molecule has 1 aromatic heterocycles. The molecule has 1 atom stereocenters. The maximum atomic E-state index is 10.1. The van der Waals surface area contributed by atoms with Crippen molar-refractivity contribution in [3.05, 3.63) is 18.0 Å². The Labute approximate surface area is 112 Å². The van der Waals surface area contributed by atoms with Gasteiger partial charge in [0.2, 0.25) is 0 Å². The minimum atomic E-state index is -0.561. The fourth-order valence-corrected chi connectivity index (χ4v) is 2.41. The molecule has 6 heteroatoms. The van der Waals surface area contributed by atoms with Gasteiger partial charge in [-0.25, -0.2) is 9.97 Å². The van der Waals surface area contributed by atoms with Gasteiger partial charge in [0, 0.05) is 18.8 Å². The van der Waals surface area contributed by atoms with Crippen LogP contribution in [0.5, 0.6) is 0 Å². The smallest absolute Gasteiger partial charge is 0.187 e. The van der Waals surface area contributed by atoms with Gasteiger partial charge < -0.3 is 15.7 Å². The number of hydrogen-bond donors (Lipinski definition) is 3. The average molecular weight is 268 g/mol. The molecule has 0 radical (unpaired) electrons. The minimum Gasteiger partial charge on any atom is -0.385 e. The van der Waals surface area contributed by atoms with E-state index >= 15 is 0 Å². The summed E-state index contributed by atoms with van der Waals surface area (Å²) >= 11 is 1.48. The van der Waals surface area contributed by atoms with E-state index in [2.05, 4.69) is 20.6 Å². The zero-order valence-corrected chi connectivity index (χ0v) is 11.4. The molecule has 1 aliphatic rings. The summed E-state index contributed by atoms with van der Waals surface area (Å²) < 4.78 is 0. The highest BCUT2D eigenvalue weighted by molar-refractivity contribution is 7.98. The second-order valence-electron chi connectivity index (χ2n) is 4.42. The highest BCUT2D eigenvalue weighted by Gasteiger charge is 2.15. The van der Waals surface area contributed by atoms with Crippen LogP contribution in [-0.4, -0.2) is 47.0 Å². The Hall–Kier alpha value is -0.690. The molecule has 0 amide bonds. The maximum absolute atomic E-state index is 10.1. The monoisotopic (exact) mass is 268 g/mol. The van der Waals surface area contributed by atoms with E-state index in [1.165, 1.54) is 11.8 Å². The summed E-state index contributed by atoms with van der Waals surface area (Å²) in [5.74, 6) is 0. The third-order valence-electron chi connectivity index (χ3n) is 3.12. The first kappa shape index (κ1) is 13.7. The first-order valence-electron chi connectivity index (χ1n) is 6.28. The molecule has 2 heterocycles. The van der Waals surface area contributed by atoms with Crippen molar-refractivity contribution >= 4 is 11.8 Å². The van der Waals surface area contributed by atoms with Gasteiger partial charge in [-0.1, -0.05) is 11.8 Å². The number of piperidine rings is 1. The zero-order valence-electron chi connectivity index (χ0n) is 10.6. The van der Waals surface area contributed by atoms with Crippen LogP contribution >= 0.6 is 11.8 Å². The number of aliphatic hydroxyl groups is 1. The van der Waals surface area contributed by atoms with Crippen molar-refractivity contribution in [2.45, 2.75) is 30.1 Å². The van der Waals surface area contributed by atoms with E-state index in [-0.39, 0.29) is 0 Å². The highest BCUT2D eigenvalue weighted by atomic mass is 32.2. The van der Waals surface area contributed by atoms with Crippen molar-refractivity contribution in [1.82, 2.24) is 20.6 Å². The van der Waals surface area contributed by atoms with Crippen LogP contribution in [-0.2, 0) is 0 Å². The summed E-state index contributed by atoms with van der Waals surface area (Å²) in [7, 11) is 0. The summed E-state index contributed by atoms with van der Waals surface area (Å²) in [4.78, 5) is 8.41. The van der Waals surface area contributed by atoms with Crippen molar-refractivity contribution < 1.29 is 5.11 Å². The van der Waals surface area contributed by atoms with Crippen LogP contribution in [0.4, 0.5) is 0 Å². The third-order valence-corrected chi connectivity index (χ3v) is 3.68. The lowest BCUT2D eigenvalue weighted by Crippen LogP contribution is -2.41. The van der Waals surface area contributed by atoms with Gasteiger partial charge in [0.1, 0.15) is 6.10 Å². The SMILES string of the molecule is CSc1nccc(C(O)CNC2CCNCC2)n1. The number of rotatable bonds is 5. The summed E-state index contributed by atoms with van der Waals surface area (Å²) in [6.07, 6.45) is 5.30. The predicted octanol–water partition coefficient (Wildman–Crippen LogP) is 0.573. The van der Waals surface area contributed by atoms with E-state index in [1.54, 1.807) is 12.3 Å². The second-order valence-corrected chi connectivity index (χ2v) is 5.19. The van der Waals surface area contributed by atoms with Gasteiger partial charge in [0.05, 0.1) is 5.69 Å². The number of thioether (sulfide) groups is 1. The fraction of sp³-hybridized carbons (Fsp3) is 0.667. The maximum Gasteiger partial charge on any atom is 0.187 e.